The van der Waals surface area contributed by atoms with Gasteiger partial charge in [0, 0.05) is 11.8 Å². The summed E-state index contributed by atoms with van der Waals surface area (Å²) in [5.74, 6) is 0.355. The number of hydrogen-bond acceptors (Lipinski definition) is 3. The molecule has 0 aliphatic heterocycles. The summed E-state index contributed by atoms with van der Waals surface area (Å²) in [4.78, 5) is 15.8. The number of hydrogen-bond donors (Lipinski definition) is 1. The highest BCUT2D eigenvalue weighted by molar-refractivity contribution is 6.58. The van der Waals surface area contributed by atoms with Crippen LogP contribution in [0.25, 0.3) is 5.57 Å². The molecule has 0 saturated heterocycles. The smallest absolute Gasteiger partial charge is 0.413 e. The quantitative estimate of drug-likeness (QED) is 0.869. The first kappa shape index (κ1) is 15.8. The monoisotopic (exact) mass is 302 g/mol. The van der Waals surface area contributed by atoms with Crippen LogP contribution in [0.15, 0.2) is 22.8 Å². The largest absolute Gasteiger partial charge is 0.444 e. The van der Waals surface area contributed by atoms with Crippen molar-refractivity contribution in [2.24, 2.45) is 0 Å². The molecule has 6 heteroatoms. The van der Waals surface area contributed by atoms with E-state index in [9.17, 15) is 4.79 Å². The molecule has 1 aromatic rings. The van der Waals surface area contributed by atoms with E-state index in [0.29, 0.717) is 17.0 Å². The van der Waals surface area contributed by atoms with Crippen LogP contribution in [0, 0.1) is 0 Å². The van der Waals surface area contributed by atoms with Crippen molar-refractivity contribution < 1.29 is 9.53 Å². The molecule has 0 saturated carbocycles. The van der Waals surface area contributed by atoms with E-state index in [2.05, 4.69) is 10.3 Å². The molecule has 19 heavy (non-hydrogen) atoms. The number of rotatable bonds is 2. The lowest BCUT2D eigenvalue weighted by molar-refractivity contribution is 0.0635. The van der Waals surface area contributed by atoms with Gasteiger partial charge in [-0.05, 0) is 45.4 Å². The van der Waals surface area contributed by atoms with E-state index in [1.54, 1.807) is 46.0 Å². The molecule has 104 valence electrons. The molecule has 0 bridgehead atoms. The van der Waals surface area contributed by atoms with Crippen molar-refractivity contribution in [2.45, 2.75) is 33.3 Å². The Bertz CT molecular complexity index is 504. The summed E-state index contributed by atoms with van der Waals surface area (Å²) in [6, 6.07) is 3.50. The fraction of sp³-hybridized carbons (Fsp3) is 0.385. The van der Waals surface area contributed by atoms with E-state index < -0.39 is 11.7 Å². The number of anilines is 1. The summed E-state index contributed by atoms with van der Waals surface area (Å²) in [5.41, 5.74) is 0.699. The van der Waals surface area contributed by atoms with Crippen LogP contribution in [0.4, 0.5) is 10.6 Å². The molecule has 0 atom stereocenters. The number of allylic oxidation sites excluding steroid dienone is 1. The number of carbonyl (C=O) groups is 1. The lowest BCUT2D eigenvalue weighted by Crippen LogP contribution is -2.27. The minimum atomic E-state index is -0.578. The van der Waals surface area contributed by atoms with E-state index in [1.807, 2.05) is 0 Å². The average molecular weight is 303 g/mol. The summed E-state index contributed by atoms with van der Waals surface area (Å²) >= 11 is 11.5. The highest BCUT2D eigenvalue weighted by atomic mass is 35.5. The number of pyridine rings is 1. The third-order valence-corrected chi connectivity index (χ3v) is 2.68. The average Bonchev–Trinajstić information content (AvgIpc) is 2.26. The van der Waals surface area contributed by atoms with Crippen molar-refractivity contribution >= 4 is 40.7 Å². The molecular weight excluding hydrogens is 287 g/mol. The zero-order valence-corrected chi connectivity index (χ0v) is 12.8. The predicted octanol–water partition coefficient (Wildman–Crippen LogP) is 4.59. The zero-order chi connectivity index (χ0) is 14.6. The van der Waals surface area contributed by atoms with E-state index in [1.165, 1.54) is 0 Å². The third-order valence-electron chi connectivity index (χ3n) is 2.11. The Kier molecular flexibility index (Phi) is 5.20. The van der Waals surface area contributed by atoms with Crippen molar-refractivity contribution in [2.75, 3.05) is 5.32 Å². The van der Waals surface area contributed by atoms with Gasteiger partial charge in [0.2, 0.25) is 0 Å². The number of aromatic nitrogens is 1. The molecule has 0 aliphatic carbocycles. The number of nitrogens with one attached hydrogen (secondary N) is 1. The molecule has 1 N–H and O–H groups in total. The predicted molar refractivity (Wildman–Crippen MR) is 78.4 cm³/mol. The maximum atomic E-state index is 11.7. The Morgan fingerprint density at radius 2 is 2.00 bits per heavy atom. The molecule has 1 heterocycles. The van der Waals surface area contributed by atoms with Crippen molar-refractivity contribution in [1.82, 2.24) is 4.98 Å². The second-order valence-corrected chi connectivity index (χ2v) is 5.86. The van der Waals surface area contributed by atoms with Gasteiger partial charge < -0.3 is 4.74 Å². The van der Waals surface area contributed by atoms with Gasteiger partial charge in [-0.3, -0.25) is 5.32 Å². The molecule has 1 aromatic heterocycles. The molecule has 0 aliphatic rings. The minimum Gasteiger partial charge on any atom is -0.444 e. The van der Waals surface area contributed by atoms with Crippen LogP contribution in [0.2, 0.25) is 0 Å². The van der Waals surface area contributed by atoms with Gasteiger partial charge in [-0.1, -0.05) is 23.2 Å². The van der Waals surface area contributed by atoms with Gasteiger partial charge in [-0.15, -0.1) is 0 Å². The van der Waals surface area contributed by atoms with Crippen molar-refractivity contribution in [3.63, 3.8) is 0 Å². The van der Waals surface area contributed by atoms with E-state index in [-0.39, 0.29) is 4.49 Å². The first-order valence-corrected chi connectivity index (χ1v) is 6.43. The van der Waals surface area contributed by atoms with Crippen molar-refractivity contribution in [3.05, 3.63) is 28.4 Å². The molecule has 0 radical (unpaired) electrons. The normalized spacial score (nSPS) is 10.8. The van der Waals surface area contributed by atoms with Crippen LogP contribution >= 0.6 is 23.2 Å². The Hall–Kier alpha value is -1.26. The summed E-state index contributed by atoms with van der Waals surface area (Å²) in [6.45, 7) is 7.10. The van der Waals surface area contributed by atoms with Gasteiger partial charge in [0.1, 0.15) is 15.9 Å². The lowest BCUT2D eigenvalue weighted by Gasteiger charge is -2.20. The van der Waals surface area contributed by atoms with Crippen LogP contribution in [0.3, 0.4) is 0 Å². The molecule has 0 aromatic carbocycles. The van der Waals surface area contributed by atoms with Crippen LogP contribution in [-0.2, 0) is 4.74 Å². The Balaban J connectivity index is 2.97. The molecule has 0 fully saturated rings. The summed E-state index contributed by atoms with van der Waals surface area (Å²) in [5, 5.41) is 2.58. The molecular formula is C13H16Cl2N2O2. The van der Waals surface area contributed by atoms with Gasteiger partial charge in [0.05, 0.1) is 0 Å². The Morgan fingerprint density at radius 3 is 2.53 bits per heavy atom. The number of amides is 1. The molecule has 0 unspecified atom stereocenters. The second kappa shape index (κ2) is 6.26. The molecule has 4 nitrogen and oxygen atoms in total. The van der Waals surface area contributed by atoms with Crippen LogP contribution in [0.1, 0.15) is 33.3 Å². The van der Waals surface area contributed by atoms with E-state index in [4.69, 9.17) is 27.9 Å². The number of carbonyl (C=O) groups excluding carboxylic acids is 1. The van der Waals surface area contributed by atoms with Crippen molar-refractivity contribution in [3.8, 4) is 0 Å². The first-order valence-electron chi connectivity index (χ1n) is 5.68. The first-order chi connectivity index (χ1) is 8.70. The van der Waals surface area contributed by atoms with Crippen LogP contribution in [0.5, 0.6) is 0 Å². The third kappa shape index (κ3) is 5.09. The van der Waals surface area contributed by atoms with Gasteiger partial charge in [-0.2, -0.15) is 0 Å². The van der Waals surface area contributed by atoms with Crippen LogP contribution < -0.4 is 5.32 Å². The molecule has 1 amide bonds. The van der Waals surface area contributed by atoms with E-state index in [0.717, 1.165) is 0 Å². The number of halogens is 2. The topological polar surface area (TPSA) is 51.2 Å². The highest BCUT2D eigenvalue weighted by Gasteiger charge is 2.18. The van der Waals surface area contributed by atoms with E-state index >= 15 is 0 Å². The van der Waals surface area contributed by atoms with Crippen LogP contribution in [-0.4, -0.2) is 16.7 Å². The highest BCUT2D eigenvalue weighted by Crippen LogP contribution is 2.28. The Labute approximate surface area is 122 Å². The maximum Gasteiger partial charge on any atom is 0.413 e. The molecule has 0 spiro atoms. The second-order valence-electron chi connectivity index (χ2n) is 4.91. The number of ether oxygens (including phenoxy) is 1. The molecule has 1 rings (SSSR count). The fourth-order valence-electron chi connectivity index (χ4n) is 1.31. The van der Waals surface area contributed by atoms with Crippen molar-refractivity contribution in [1.29, 1.82) is 0 Å². The number of nitrogens with zero attached hydrogens (tertiary/aromatic N) is 1. The summed E-state index contributed by atoms with van der Waals surface area (Å²) < 4.78 is 5.29. The standard InChI is InChI=1S/C13H16Cl2N2O2/c1-8(10(14)15)9-6-5-7-16-11(9)17-12(18)19-13(2,3)4/h5-7H,1-4H3,(H,16,17,18). The summed E-state index contributed by atoms with van der Waals surface area (Å²) in [6.07, 6.45) is 0.983. The SMILES string of the molecule is CC(=C(Cl)Cl)c1cccnc1NC(=O)OC(C)(C)C. The fourth-order valence-corrected chi connectivity index (χ4v) is 1.51. The minimum absolute atomic E-state index is 0.125. The van der Waals surface area contributed by atoms with Gasteiger partial charge >= 0.3 is 6.09 Å². The maximum absolute atomic E-state index is 11.7. The lowest BCUT2D eigenvalue weighted by atomic mass is 10.1. The Morgan fingerprint density at radius 1 is 1.37 bits per heavy atom. The van der Waals surface area contributed by atoms with Gasteiger partial charge in [0.25, 0.3) is 0 Å². The summed E-state index contributed by atoms with van der Waals surface area (Å²) in [7, 11) is 0. The van der Waals surface area contributed by atoms with Gasteiger partial charge in [0.15, 0.2) is 0 Å². The zero-order valence-electron chi connectivity index (χ0n) is 11.3. The van der Waals surface area contributed by atoms with Gasteiger partial charge in [-0.25, -0.2) is 9.78 Å².